The van der Waals surface area contributed by atoms with E-state index in [1.807, 2.05) is 24.3 Å². The van der Waals surface area contributed by atoms with E-state index in [9.17, 15) is 9.59 Å². The van der Waals surface area contributed by atoms with Gasteiger partial charge in [-0.25, -0.2) is 4.79 Å². The minimum atomic E-state index is -0.441. The van der Waals surface area contributed by atoms with Crippen molar-refractivity contribution < 1.29 is 9.15 Å². The molecule has 9 heteroatoms. The zero-order valence-electron chi connectivity index (χ0n) is 15.3. The van der Waals surface area contributed by atoms with Gasteiger partial charge in [0.15, 0.2) is 11.2 Å². The highest BCUT2D eigenvalue weighted by atomic mass is 79.9. The Kier molecular flexibility index (Phi) is 4.68. The lowest BCUT2D eigenvalue weighted by Gasteiger charge is -2.10. The van der Waals surface area contributed by atoms with Crippen molar-refractivity contribution >= 4 is 27.1 Å². The molecule has 1 aromatic carbocycles. The highest BCUT2D eigenvalue weighted by molar-refractivity contribution is 9.10. The fourth-order valence-corrected chi connectivity index (χ4v) is 3.25. The molecule has 0 bridgehead atoms. The van der Waals surface area contributed by atoms with Gasteiger partial charge in [0.1, 0.15) is 12.4 Å². The quantitative estimate of drug-likeness (QED) is 0.471. The molecular weight excluding hydrogens is 428 g/mol. The van der Waals surface area contributed by atoms with E-state index in [0.717, 1.165) is 14.6 Å². The van der Waals surface area contributed by atoms with E-state index in [1.54, 1.807) is 30.0 Å². The van der Waals surface area contributed by atoms with Crippen LogP contribution in [0, 0.1) is 0 Å². The Bertz CT molecular complexity index is 1250. The van der Waals surface area contributed by atoms with Gasteiger partial charge in [-0.05, 0) is 29.8 Å². The maximum atomic E-state index is 12.8. The number of fused-ring (bicyclic) bond motifs is 1. The van der Waals surface area contributed by atoms with E-state index in [4.69, 9.17) is 9.15 Å². The summed E-state index contributed by atoms with van der Waals surface area (Å²) >= 11 is 3.42. The molecule has 0 amide bonds. The van der Waals surface area contributed by atoms with E-state index in [-0.39, 0.29) is 18.3 Å². The maximum Gasteiger partial charge on any atom is 0.332 e. The van der Waals surface area contributed by atoms with Gasteiger partial charge in [0.2, 0.25) is 0 Å². The lowest BCUT2D eigenvalue weighted by Crippen LogP contribution is -2.37. The van der Waals surface area contributed by atoms with Crippen LogP contribution >= 0.6 is 15.9 Å². The Labute approximate surface area is 167 Å². The van der Waals surface area contributed by atoms with Crippen molar-refractivity contribution in [2.45, 2.75) is 13.2 Å². The number of imidazole rings is 1. The van der Waals surface area contributed by atoms with Crippen LogP contribution in [0.5, 0.6) is 6.01 Å². The molecule has 28 heavy (non-hydrogen) atoms. The van der Waals surface area contributed by atoms with Gasteiger partial charge in [-0.2, -0.15) is 4.98 Å². The molecule has 0 fully saturated rings. The summed E-state index contributed by atoms with van der Waals surface area (Å²) in [6.07, 6.45) is 1.56. The third-order valence-corrected chi connectivity index (χ3v) is 5.02. The summed E-state index contributed by atoms with van der Waals surface area (Å²) in [5.41, 5.74) is 0.682. The molecule has 0 aliphatic heterocycles. The Morgan fingerprint density at radius 1 is 1.11 bits per heavy atom. The molecule has 0 N–H and O–H groups in total. The molecule has 0 saturated heterocycles. The topological polar surface area (TPSA) is 84.2 Å². The number of hydrogen-bond acceptors (Lipinski definition) is 5. The van der Waals surface area contributed by atoms with Crippen molar-refractivity contribution in [1.82, 2.24) is 18.7 Å². The number of furan rings is 1. The fourth-order valence-electron chi connectivity index (χ4n) is 2.99. The molecule has 8 nitrogen and oxygen atoms in total. The van der Waals surface area contributed by atoms with E-state index in [2.05, 4.69) is 20.9 Å². The normalized spacial score (nSPS) is 11.2. The molecule has 0 atom stereocenters. The van der Waals surface area contributed by atoms with Crippen LogP contribution in [-0.2, 0) is 27.2 Å². The standard InChI is InChI=1S/C19H17BrN4O4/c1-22-16-15(17(25)23(2)19(22)26)24(10-12-5-7-13(20)8-6-12)18(21-16)28-11-14-4-3-9-27-14/h3-9H,10-11H2,1-2H3. The highest BCUT2D eigenvalue weighted by Gasteiger charge is 2.20. The SMILES string of the molecule is Cn1c(=O)c2c(nc(OCc3ccco3)n2Cc2ccc(Br)cc2)n(C)c1=O. The predicted molar refractivity (Wildman–Crippen MR) is 106 cm³/mol. The van der Waals surface area contributed by atoms with Crippen LogP contribution in [-0.4, -0.2) is 18.7 Å². The highest BCUT2D eigenvalue weighted by Crippen LogP contribution is 2.21. The smallest absolute Gasteiger partial charge is 0.332 e. The first kappa shape index (κ1) is 18.3. The van der Waals surface area contributed by atoms with Crippen LogP contribution in [0.25, 0.3) is 11.2 Å². The number of halogens is 1. The van der Waals surface area contributed by atoms with Crippen molar-refractivity contribution in [3.05, 3.63) is 79.3 Å². The van der Waals surface area contributed by atoms with E-state index >= 15 is 0 Å². The number of aromatic nitrogens is 4. The third-order valence-electron chi connectivity index (χ3n) is 4.49. The largest absolute Gasteiger partial charge is 0.466 e. The van der Waals surface area contributed by atoms with Gasteiger partial charge < -0.3 is 9.15 Å². The number of rotatable bonds is 5. The van der Waals surface area contributed by atoms with E-state index < -0.39 is 11.2 Å². The molecule has 0 saturated carbocycles. The van der Waals surface area contributed by atoms with Crippen molar-refractivity contribution in [2.24, 2.45) is 14.1 Å². The first-order valence-electron chi connectivity index (χ1n) is 8.51. The summed E-state index contributed by atoms with van der Waals surface area (Å²) < 4.78 is 16.2. The number of ether oxygens (including phenoxy) is 1. The molecule has 0 radical (unpaired) electrons. The lowest BCUT2D eigenvalue weighted by molar-refractivity contribution is 0.242. The average molecular weight is 445 g/mol. The molecule has 4 rings (SSSR count). The van der Waals surface area contributed by atoms with Crippen molar-refractivity contribution in [3.63, 3.8) is 0 Å². The Morgan fingerprint density at radius 3 is 2.54 bits per heavy atom. The fraction of sp³-hybridized carbons (Fsp3) is 0.211. The van der Waals surface area contributed by atoms with Gasteiger partial charge in [0, 0.05) is 18.6 Å². The van der Waals surface area contributed by atoms with Gasteiger partial charge in [0.25, 0.3) is 11.6 Å². The molecule has 4 aromatic rings. The van der Waals surface area contributed by atoms with Crippen LogP contribution in [0.2, 0.25) is 0 Å². The van der Waals surface area contributed by atoms with Gasteiger partial charge in [-0.15, -0.1) is 0 Å². The Morgan fingerprint density at radius 2 is 1.86 bits per heavy atom. The number of hydrogen-bond donors (Lipinski definition) is 0. The third kappa shape index (κ3) is 3.18. The second-order valence-corrected chi connectivity index (χ2v) is 7.27. The van der Waals surface area contributed by atoms with Crippen LogP contribution in [0.3, 0.4) is 0 Å². The minimum Gasteiger partial charge on any atom is -0.466 e. The van der Waals surface area contributed by atoms with Crippen LogP contribution in [0.15, 0.2) is 61.1 Å². The summed E-state index contributed by atoms with van der Waals surface area (Å²) in [6.45, 7) is 0.523. The van der Waals surface area contributed by atoms with Crippen LogP contribution < -0.4 is 16.0 Å². The molecule has 3 aromatic heterocycles. The zero-order chi connectivity index (χ0) is 19.8. The Hall–Kier alpha value is -3.07. The predicted octanol–water partition coefficient (Wildman–Crippen LogP) is 2.42. The molecule has 3 heterocycles. The summed E-state index contributed by atoms with van der Waals surface area (Å²) in [5.74, 6) is 0.629. The number of aryl methyl sites for hydroxylation is 1. The maximum absolute atomic E-state index is 12.8. The number of nitrogens with zero attached hydrogens (tertiary/aromatic N) is 4. The molecule has 0 unspecified atom stereocenters. The van der Waals surface area contributed by atoms with Gasteiger partial charge >= 0.3 is 5.69 Å². The summed E-state index contributed by atoms with van der Waals surface area (Å²) in [6, 6.07) is 11.5. The molecule has 0 aliphatic carbocycles. The second kappa shape index (κ2) is 7.16. The summed E-state index contributed by atoms with van der Waals surface area (Å²) in [4.78, 5) is 29.5. The zero-order valence-corrected chi connectivity index (χ0v) is 16.8. The first-order valence-corrected chi connectivity index (χ1v) is 9.31. The lowest BCUT2D eigenvalue weighted by atomic mass is 10.2. The summed E-state index contributed by atoms with van der Waals surface area (Å²) in [7, 11) is 3.03. The molecule has 144 valence electrons. The Balaban J connectivity index is 1.87. The van der Waals surface area contributed by atoms with Crippen LogP contribution in [0.4, 0.5) is 0 Å². The summed E-state index contributed by atoms with van der Waals surface area (Å²) in [5, 5.41) is 0. The number of benzene rings is 1. The van der Waals surface area contributed by atoms with Gasteiger partial charge in [-0.3, -0.25) is 18.5 Å². The monoisotopic (exact) mass is 444 g/mol. The minimum absolute atomic E-state index is 0.158. The van der Waals surface area contributed by atoms with E-state index in [0.29, 0.717) is 17.8 Å². The average Bonchev–Trinajstić information content (AvgIpc) is 3.33. The molecule has 0 aliphatic rings. The van der Waals surface area contributed by atoms with Crippen molar-refractivity contribution in [1.29, 1.82) is 0 Å². The first-order chi connectivity index (χ1) is 13.5. The van der Waals surface area contributed by atoms with Crippen molar-refractivity contribution in [2.75, 3.05) is 0 Å². The second-order valence-electron chi connectivity index (χ2n) is 6.35. The van der Waals surface area contributed by atoms with Gasteiger partial charge in [-0.1, -0.05) is 28.1 Å². The van der Waals surface area contributed by atoms with Crippen molar-refractivity contribution in [3.8, 4) is 6.01 Å². The van der Waals surface area contributed by atoms with Crippen LogP contribution in [0.1, 0.15) is 11.3 Å². The van der Waals surface area contributed by atoms with E-state index in [1.165, 1.54) is 11.6 Å². The molecule has 0 spiro atoms. The van der Waals surface area contributed by atoms with Gasteiger partial charge in [0.05, 0.1) is 12.8 Å². The molecular formula is C19H17BrN4O4.